The lowest BCUT2D eigenvalue weighted by molar-refractivity contribution is -0.119. The van der Waals surface area contributed by atoms with Crippen LogP contribution in [-0.4, -0.2) is 47.0 Å². The summed E-state index contributed by atoms with van der Waals surface area (Å²) in [6.07, 6.45) is 2.08. The Balaban J connectivity index is 1.67. The second kappa shape index (κ2) is 8.67. The highest BCUT2D eigenvalue weighted by molar-refractivity contribution is 5.94. The van der Waals surface area contributed by atoms with Gasteiger partial charge in [-0.3, -0.25) is 14.5 Å². The number of ketones is 1. The molecule has 1 aromatic carbocycles. The topological polar surface area (TPSA) is 63.6 Å². The van der Waals surface area contributed by atoms with Gasteiger partial charge < -0.3 is 14.6 Å². The number of nitrogens with zero attached hydrogens (tertiary/aromatic N) is 2. The summed E-state index contributed by atoms with van der Waals surface area (Å²) in [6, 6.07) is 6.45. The van der Waals surface area contributed by atoms with E-state index in [1.807, 2.05) is 23.9 Å². The molecule has 0 saturated carbocycles. The molecule has 6 nitrogen and oxygen atoms in total. The number of halogens is 1. The minimum Gasteiger partial charge on any atom is -0.378 e. The Kier molecular flexibility index (Phi) is 6.26. The van der Waals surface area contributed by atoms with Crippen molar-refractivity contribution in [3.8, 4) is 0 Å². The summed E-state index contributed by atoms with van der Waals surface area (Å²) in [5.41, 5.74) is 2.61. The second-order valence-corrected chi connectivity index (χ2v) is 7.25. The molecule has 0 aliphatic carbocycles. The van der Waals surface area contributed by atoms with E-state index in [2.05, 4.69) is 10.2 Å². The van der Waals surface area contributed by atoms with Gasteiger partial charge >= 0.3 is 0 Å². The molecule has 0 unspecified atom stereocenters. The second-order valence-electron chi connectivity index (χ2n) is 7.25. The summed E-state index contributed by atoms with van der Waals surface area (Å²) in [4.78, 5) is 26.3. The van der Waals surface area contributed by atoms with E-state index in [1.54, 1.807) is 26.0 Å². The third kappa shape index (κ3) is 4.66. The highest BCUT2D eigenvalue weighted by Gasteiger charge is 2.26. The third-order valence-corrected chi connectivity index (χ3v) is 5.19. The molecule has 1 amide bonds. The highest BCUT2D eigenvalue weighted by Crippen LogP contribution is 2.20. The molecular formula is C21H26FN3O3. The van der Waals surface area contributed by atoms with Crippen molar-refractivity contribution in [1.82, 2.24) is 9.47 Å². The first-order valence-corrected chi connectivity index (χ1v) is 9.38. The molecule has 2 aromatic rings. The largest absolute Gasteiger partial charge is 0.378 e. The standard InChI is InChI=1S/C21H26FN3O3/c1-14-19(22)5-4-6-20(14)23-21(27)10-18-13-28-8-7-25(18)12-17-9-16(15(2)26)11-24(17)3/h4-6,9,11,18H,7-8,10,12-13H2,1-3H3,(H,23,27)/t18-/m0/s1. The van der Waals surface area contributed by atoms with Gasteiger partial charge in [-0.05, 0) is 32.0 Å². The molecule has 3 rings (SSSR count). The number of hydrogen-bond acceptors (Lipinski definition) is 4. The zero-order valence-corrected chi connectivity index (χ0v) is 16.5. The molecule has 0 spiro atoms. The van der Waals surface area contributed by atoms with E-state index in [4.69, 9.17) is 4.74 Å². The van der Waals surface area contributed by atoms with Crippen LogP contribution in [0.25, 0.3) is 0 Å². The molecule has 1 saturated heterocycles. The molecule has 1 atom stereocenters. The third-order valence-electron chi connectivity index (χ3n) is 5.19. The summed E-state index contributed by atoms with van der Waals surface area (Å²) < 4.78 is 21.2. The average molecular weight is 387 g/mol. The number of aromatic nitrogens is 1. The predicted octanol–water partition coefficient (Wildman–Crippen LogP) is 2.90. The zero-order valence-electron chi connectivity index (χ0n) is 16.5. The van der Waals surface area contributed by atoms with E-state index in [0.717, 1.165) is 5.69 Å². The molecule has 150 valence electrons. The van der Waals surface area contributed by atoms with Gasteiger partial charge in [0.1, 0.15) is 5.82 Å². The minimum absolute atomic E-state index is 0.0326. The number of morpholine rings is 1. The van der Waals surface area contributed by atoms with Crippen LogP contribution in [0.15, 0.2) is 30.5 Å². The lowest BCUT2D eigenvalue weighted by Gasteiger charge is -2.35. The lowest BCUT2D eigenvalue weighted by Crippen LogP contribution is -2.46. The van der Waals surface area contributed by atoms with Gasteiger partial charge in [-0.25, -0.2) is 4.39 Å². The van der Waals surface area contributed by atoms with Crippen LogP contribution in [0.5, 0.6) is 0 Å². The molecule has 1 aliphatic heterocycles. The highest BCUT2D eigenvalue weighted by atomic mass is 19.1. The molecular weight excluding hydrogens is 361 g/mol. The van der Waals surface area contributed by atoms with Gasteiger partial charge in [0.25, 0.3) is 0 Å². The van der Waals surface area contributed by atoms with Crippen LogP contribution < -0.4 is 5.32 Å². The summed E-state index contributed by atoms with van der Waals surface area (Å²) in [5.74, 6) is -0.485. The number of benzene rings is 1. The van der Waals surface area contributed by atoms with E-state index in [9.17, 15) is 14.0 Å². The van der Waals surface area contributed by atoms with E-state index in [1.165, 1.54) is 6.07 Å². The maximum absolute atomic E-state index is 13.7. The number of carbonyl (C=O) groups is 2. The maximum atomic E-state index is 13.7. The number of aryl methyl sites for hydroxylation is 1. The maximum Gasteiger partial charge on any atom is 0.226 e. The van der Waals surface area contributed by atoms with Gasteiger partial charge in [-0.2, -0.15) is 0 Å². The van der Waals surface area contributed by atoms with Gasteiger partial charge in [0.15, 0.2) is 5.78 Å². The van der Waals surface area contributed by atoms with E-state index in [0.29, 0.717) is 43.1 Å². The van der Waals surface area contributed by atoms with Gasteiger partial charge in [0.2, 0.25) is 5.91 Å². The van der Waals surface area contributed by atoms with Crippen LogP contribution in [0.3, 0.4) is 0 Å². The number of nitrogens with one attached hydrogen (secondary N) is 1. The number of carbonyl (C=O) groups excluding carboxylic acids is 2. The molecule has 1 fully saturated rings. The number of ether oxygens (including phenoxy) is 1. The van der Waals surface area contributed by atoms with Gasteiger partial charge in [-0.15, -0.1) is 0 Å². The molecule has 2 heterocycles. The monoisotopic (exact) mass is 387 g/mol. The molecule has 1 N–H and O–H groups in total. The number of amides is 1. The number of Topliss-reactive ketones (excluding diaryl/α,β-unsaturated/α-hetero) is 1. The lowest BCUT2D eigenvalue weighted by atomic mass is 10.1. The summed E-state index contributed by atoms with van der Waals surface area (Å²) in [5, 5.41) is 2.80. The minimum atomic E-state index is -0.342. The smallest absolute Gasteiger partial charge is 0.226 e. The molecule has 1 aromatic heterocycles. The van der Waals surface area contributed by atoms with Crippen LogP contribution in [0.1, 0.15) is 35.0 Å². The van der Waals surface area contributed by atoms with Crippen LogP contribution in [-0.2, 0) is 23.1 Å². The first-order valence-electron chi connectivity index (χ1n) is 9.38. The van der Waals surface area contributed by atoms with Gasteiger partial charge in [0.05, 0.1) is 13.2 Å². The predicted molar refractivity (Wildman–Crippen MR) is 105 cm³/mol. The van der Waals surface area contributed by atoms with Crippen molar-refractivity contribution in [2.24, 2.45) is 7.05 Å². The first-order chi connectivity index (χ1) is 13.3. The number of hydrogen-bond donors (Lipinski definition) is 1. The first kappa shape index (κ1) is 20.2. The fourth-order valence-corrected chi connectivity index (χ4v) is 3.41. The number of anilines is 1. The quantitative estimate of drug-likeness (QED) is 0.774. The SMILES string of the molecule is CC(=O)c1cc(CN2CCOC[C@@H]2CC(=O)Nc2cccc(F)c2C)n(C)c1. The molecule has 0 bridgehead atoms. The summed E-state index contributed by atoms with van der Waals surface area (Å²) in [6.45, 7) is 5.59. The normalized spacial score (nSPS) is 17.5. The van der Waals surface area contributed by atoms with Crippen molar-refractivity contribution in [3.05, 3.63) is 53.1 Å². The molecule has 1 aliphatic rings. The molecule has 7 heteroatoms. The van der Waals surface area contributed by atoms with Crippen LogP contribution in [0, 0.1) is 12.7 Å². The summed E-state index contributed by atoms with van der Waals surface area (Å²) in [7, 11) is 1.91. The summed E-state index contributed by atoms with van der Waals surface area (Å²) >= 11 is 0. The van der Waals surface area contributed by atoms with E-state index < -0.39 is 0 Å². The van der Waals surface area contributed by atoms with Crippen LogP contribution in [0.2, 0.25) is 0 Å². The fourth-order valence-electron chi connectivity index (χ4n) is 3.41. The molecule has 28 heavy (non-hydrogen) atoms. The Morgan fingerprint density at radius 2 is 2.14 bits per heavy atom. The molecule has 0 radical (unpaired) electrons. The van der Waals surface area contributed by atoms with Crippen LogP contribution in [0.4, 0.5) is 10.1 Å². The van der Waals surface area contributed by atoms with Crippen molar-refractivity contribution in [2.75, 3.05) is 25.1 Å². The van der Waals surface area contributed by atoms with Crippen molar-refractivity contribution in [3.63, 3.8) is 0 Å². The van der Waals surface area contributed by atoms with Gasteiger partial charge in [0, 0.05) is 61.3 Å². The Morgan fingerprint density at radius 3 is 2.86 bits per heavy atom. The van der Waals surface area contributed by atoms with Crippen LogP contribution >= 0.6 is 0 Å². The fraction of sp³-hybridized carbons (Fsp3) is 0.429. The van der Waals surface area contributed by atoms with Crippen molar-refractivity contribution < 1.29 is 18.7 Å². The van der Waals surface area contributed by atoms with E-state index >= 15 is 0 Å². The van der Waals surface area contributed by atoms with E-state index in [-0.39, 0.29) is 30.0 Å². The Hall–Kier alpha value is -2.51. The zero-order chi connectivity index (χ0) is 20.3. The Labute approximate surface area is 164 Å². The van der Waals surface area contributed by atoms with Crippen molar-refractivity contribution >= 4 is 17.4 Å². The van der Waals surface area contributed by atoms with Crippen molar-refractivity contribution in [2.45, 2.75) is 32.9 Å². The van der Waals surface area contributed by atoms with Crippen molar-refractivity contribution in [1.29, 1.82) is 0 Å². The number of rotatable bonds is 6. The Bertz CT molecular complexity index is 878. The average Bonchev–Trinajstić information content (AvgIpc) is 3.02. The Morgan fingerprint density at radius 1 is 1.36 bits per heavy atom. The van der Waals surface area contributed by atoms with Gasteiger partial charge in [-0.1, -0.05) is 6.07 Å².